The van der Waals surface area contributed by atoms with Crippen molar-refractivity contribution in [2.45, 2.75) is 39.7 Å². The van der Waals surface area contributed by atoms with Gasteiger partial charge in [-0.2, -0.15) is 0 Å². The number of hydrogen-bond donors (Lipinski definition) is 1. The third kappa shape index (κ3) is 5.85. The van der Waals surface area contributed by atoms with Crippen LogP contribution in [0, 0.1) is 6.92 Å². The van der Waals surface area contributed by atoms with Crippen molar-refractivity contribution in [2.24, 2.45) is 0 Å². The predicted molar refractivity (Wildman–Crippen MR) is 73.1 cm³/mol. The third-order valence-electron chi connectivity index (χ3n) is 3.07. The monoisotopic (exact) mass is 235 g/mol. The maximum atomic E-state index is 8.74. The molecule has 0 saturated heterocycles. The van der Waals surface area contributed by atoms with Crippen molar-refractivity contribution >= 4 is 0 Å². The molecule has 0 fully saturated rings. The third-order valence-corrected chi connectivity index (χ3v) is 3.07. The normalized spacial score (nSPS) is 11.1. The van der Waals surface area contributed by atoms with E-state index in [0.717, 1.165) is 32.5 Å². The molecular formula is C15H25NO. The summed E-state index contributed by atoms with van der Waals surface area (Å²) in [6, 6.07) is 8.73. The van der Waals surface area contributed by atoms with E-state index in [-0.39, 0.29) is 0 Å². The minimum absolute atomic E-state index is 0.323. The first-order valence-electron chi connectivity index (χ1n) is 6.65. The van der Waals surface area contributed by atoms with Crippen molar-refractivity contribution in [3.63, 3.8) is 0 Å². The van der Waals surface area contributed by atoms with Crippen molar-refractivity contribution in [1.29, 1.82) is 0 Å². The summed E-state index contributed by atoms with van der Waals surface area (Å²) in [5.74, 6) is 0. The fourth-order valence-electron chi connectivity index (χ4n) is 2.04. The van der Waals surface area contributed by atoms with Gasteiger partial charge in [-0.05, 0) is 44.8 Å². The Labute approximate surface area is 105 Å². The minimum Gasteiger partial charge on any atom is -0.396 e. The van der Waals surface area contributed by atoms with Crippen LogP contribution in [0.4, 0.5) is 0 Å². The molecule has 0 bridgehead atoms. The smallest absolute Gasteiger partial charge is 0.0431 e. The van der Waals surface area contributed by atoms with Gasteiger partial charge in [0.25, 0.3) is 0 Å². The van der Waals surface area contributed by atoms with Gasteiger partial charge < -0.3 is 5.11 Å². The van der Waals surface area contributed by atoms with Gasteiger partial charge in [0.15, 0.2) is 0 Å². The van der Waals surface area contributed by atoms with E-state index in [1.807, 2.05) is 0 Å². The molecule has 0 spiro atoms. The van der Waals surface area contributed by atoms with E-state index in [0.29, 0.717) is 6.61 Å². The number of aliphatic hydroxyl groups excluding tert-OH is 1. The summed E-state index contributed by atoms with van der Waals surface area (Å²) in [6.45, 7) is 7.93. The number of hydrogen-bond acceptors (Lipinski definition) is 2. The number of unbranched alkanes of at least 4 members (excludes halogenated alkanes) is 2. The first-order chi connectivity index (χ1) is 8.26. The molecule has 2 nitrogen and oxygen atoms in total. The Balaban J connectivity index is 2.35. The van der Waals surface area contributed by atoms with Crippen molar-refractivity contribution in [2.75, 3.05) is 19.7 Å². The highest BCUT2D eigenvalue weighted by atomic mass is 16.2. The molecule has 1 rings (SSSR count). The zero-order chi connectivity index (χ0) is 12.5. The molecule has 0 aromatic heterocycles. The minimum atomic E-state index is 0.323. The Morgan fingerprint density at radius 1 is 1.18 bits per heavy atom. The van der Waals surface area contributed by atoms with Crippen molar-refractivity contribution in [3.8, 4) is 0 Å². The van der Waals surface area contributed by atoms with Crippen molar-refractivity contribution < 1.29 is 5.11 Å². The summed E-state index contributed by atoms with van der Waals surface area (Å²) in [6.07, 6.45) is 3.24. The molecule has 0 amide bonds. The maximum absolute atomic E-state index is 8.74. The lowest BCUT2D eigenvalue weighted by molar-refractivity contribution is 0.255. The van der Waals surface area contributed by atoms with Crippen LogP contribution in [0.15, 0.2) is 24.3 Å². The van der Waals surface area contributed by atoms with Crippen LogP contribution in [0.3, 0.4) is 0 Å². The van der Waals surface area contributed by atoms with E-state index in [1.54, 1.807) is 0 Å². The maximum Gasteiger partial charge on any atom is 0.0431 e. The van der Waals surface area contributed by atoms with Crippen LogP contribution in [0.1, 0.15) is 37.3 Å². The van der Waals surface area contributed by atoms with Crippen LogP contribution in [-0.2, 0) is 6.54 Å². The Bertz CT molecular complexity index is 312. The zero-order valence-corrected chi connectivity index (χ0v) is 11.2. The Kier molecular flexibility index (Phi) is 6.90. The second-order valence-electron chi connectivity index (χ2n) is 4.64. The zero-order valence-electron chi connectivity index (χ0n) is 11.2. The van der Waals surface area contributed by atoms with Crippen LogP contribution < -0.4 is 0 Å². The lowest BCUT2D eigenvalue weighted by atomic mass is 10.1. The van der Waals surface area contributed by atoms with E-state index in [9.17, 15) is 0 Å². The summed E-state index contributed by atoms with van der Waals surface area (Å²) >= 11 is 0. The molecule has 0 atom stereocenters. The van der Waals surface area contributed by atoms with Crippen LogP contribution in [0.25, 0.3) is 0 Å². The molecule has 0 saturated carbocycles. The van der Waals surface area contributed by atoms with E-state index in [1.165, 1.54) is 17.5 Å². The van der Waals surface area contributed by atoms with Crippen molar-refractivity contribution in [1.82, 2.24) is 4.90 Å². The number of aryl methyl sites for hydroxylation is 1. The summed E-state index contributed by atoms with van der Waals surface area (Å²) in [5.41, 5.74) is 2.73. The van der Waals surface area contributed by atoms with Crippen LogP contribution >= 0.6 is 0 Å². The molecule has 1 aromatic carbocycles. The predicted octanol–water partition coefficient (Wildman–Crippen LogP) is 2.98. The molecular weight excluding hydrogens is 210 g/mol. The van der Waals surface area contributed by atoms with E-state index in [4.69, 9.17) is 5.11 Å². The average molecular weight is 235 g/mol. The highest BCUT2D eigenvalue weighted by molar-refractivity contribution is 5.22. The molecule has 1 N–H and O–H groups in total. The Hall–Kier alpha value is -0.860. The molecule has 1 aromatic rings. The molecule has 0 radical (unpaired) electrons. The van der Waals surface area contributed by atoms with Gasteiger partial charge in [-0.1, -0.05) is 36.8 Å². The molecule has 0 aliphatic heterocycles. The first-order valence-corrected chi connectivity index (χ1v) is 6.65. The number of aliphatic hydroxyl groups is 1. The fourth-order valence-corrected chi connectivity index (χ4v) is 2.04. The Morgan fingerprint density at radius 2 is 2.00 bits per heavy atom. The SMILES string of the molecule is CCN(CCCCCO)Cc1cccc(C)c1. The largest absolute Gasteiger partial charge is 0.396 e. The molecule has 0 unspecified atom stereocenters. The highest BCUT2D eigenvalue weighted by Gasteiger charge is 2.03. The lowest BCUT2D eigenvalue weighted by Crippen LogP contribution is -2.24. The summed E-state index contributed by atoms with van der Waals surface area (Å²) in [7, 11) is 0. The van der Waals surface area contributed by atoms with Gasteiger partial charge >= 0.3 is 0 Å². The van der Waals surface area contributed by atoms with E-state index < -0.39 is 0 Å². The van der Waals surface area contributed by atoms with Crippen molar-refractivity contribution in [3.05, 3.63) is 35.4 Å². The number of rotatable bonds is 8. The van der Waals surface area contributed by atoms with E-state index >= 15 is 0 Å². The number of nitrogens with zero attached hydrogens (tertiary/aromatic N) is 1. The van der Waals surface area contributed by atoms with Gasteiger partial charge in [-0.25, -0.2) is 0 Å². The van der Waals surface area contributed by atoms with E-state index in [2.05, 4.69) is 43.0 Å². The summed E-state index contributed by atoms with van der Waals surface area (Å²) in [5, 5.41) is 8.74. The van der Waals surface area contributed by atoms with Crippen LogP contribution in [0.2, 0.25) is 0 Å². The molecule has 96 valence electrons. The molecule has 0 aliphatic rings. The number of benzene rings is 1. The lowest BCUT2D eigenvalue weighted by Gasteiger charge is -2.20. The van der Waals surface area contributed by atoms with Crippen LogP contribution in [0.5, 0.6) is 0 Å². The van der Waals surface area contributed by atoms with Crippen LogP contribution in [-0.4, -0.2) is 29.7 Å². The molecule has 2 heteroatoms. The summed E-state index contributed by atoms with van der Waals surface area (Å²) < 4.78 is 0. The van der Waals surface area contributed by atoms with Gasteiger partial charge in [0.05, 0.1) is 0 Å². The van der Waals surface area contributed by atoms with Gasteiger partial charge in [0, 0.05) is 13.2 Å². The Morgan fingerprint density at radius 3 is 2.65 bits per heavy atom. The quantitative estimate of drug-likeness (QED) is 0.700. The van der Waals surface area contributed by atoms with Gasteiger partial charge in [-0.3, -0.25) is 4.90 Å². The molecule has 17 heavy (non-hydrogen) atoms. The topological polar surface area (TPSA) is 23.5 Å². The standard InChI is InChI=1S/C15H25NO/c1-3-16(10-5-4-6-11-17)13-15-9-7-8-14(2)12-15/h7-9,12,17H,3-6,10-11,13H2,1-2H3. The first kappa shape index (κ1) is 14.2. The van der Waals surface area contributed by atoms with Gasteiger partial charge in [0.1, 0.15) is 0 Å². The van der Waals surface area contributed by atoms with Gasteiger partial charge in [-0.15, -0.1) is 0 Å². The second-order valence-corrected chi connectivity index (χ2v) is 4.64. The molecule has 0 heterocycles. The summed E-state index contributed by atoms with van der Waals surface area (Å²) in [4.78, 5) is 2.46. The fraction of sp³-hybridized carbons (Fsp3) is 0.600. The van der Waals surface area contributed by atoms with Gasteiger partial charge in [0.2, 0.25) is 0 Å². The highest BCUT2D eigenvalue weighted by Crippen LogP contribution is 2.08. The average Bonchev–Trinajstić information content (AvgIpc) is 2.33. The molecule has 0 aliphatic carbocycles. The second kappa shape index (κ2) is 8.26.